The lowest BCUT2D eigenvalue weighted by Gasteiger charge is -2.10. The quantitative estimate of drug-likeness (QED) is 0.785. The number of benzene rings is 2. The van der Waals surface area contributed by atoms with Gasteiger partial charge in [-0.05, 0) is 37.6 Å². The molecule has 0 N–H and O–H groups in total. The number of halogens is 1. The maximum Gasteiger partial charge on any atom is 0.197 e. The van der Waals surface area contributed by atoms with Gasteiger partial charge in [-0.1, -0.05) is 23.8 Å². The summed E-state index contributed by atoms with van der Waals surface area (Å²) in [6, 6.07) is 9.51. The van der Waals surface area contributed by atoms with Crippen LogP contribution < -0.4 is 4.74 Å². The Balaban J connectivity index is 2.52. The molecule has 0 amide bonds. The standard InChI is InChI=1S/C16H15FO2/c1-10-4-6-13(11(2)8-10)16(18)14-9-12(17)5-7-15(14)19-3/h4-9H,1-3H3. The molecule has 0 fully saturated rings. The molecule has 0 bridgehead atoms. The summed E-state index contributed by atoms with van der Waals surface area (Å²) >= 11 is 0. The summed E-state index contributed by atoms with van der Waals surface area (Å²) in [5.74, 6) is -0.297. The minimum atomic E-state index is -0.450. The highest BCUT2D eigenvalue weighted by molar-refractivity contribution is 6.11. The highest BCUT2D eigenvalue weighted by Gasteiger charge is 2.17. The van der Waals surface area contributed by atoms with E-state index >= 15 is 0 Å². The zero-order valence-corrected chi connectivity index (χ0v) is 11.2. The molecule has 19 heavy (non-hydrogen) atoms. The monoisotopic (exact) mass is 258 g/mol. The van der Waals surface area contributed by atoms with E-state index in [9.17, 15) is 9.18 Å². The zero-order valence-electron chi connectivity index (χ0n) is 11.2. The van der Waals surface area contributed by atoms with Gasteiger partial charge in [0.25, 0.3) is 0 Å². The predicted octanol–water partition coefficient (Wildman–Crippen LogP) is 3.68. The van der Waals surface area contributed by atoms with Crippen LogP contribution in [0.15, 0.2) is 36.4 Å². The lowest BCUT2D eigenvalue weighted by molar-refractivity contribution is 0.103. The Morgan fingerprint density at radius 1 is 1.05 bits per heavy atom. The molecule has 0 spiro atoms. The Morgan fingerprint density at radius 2 is 1.79 bits per heavy atom. The second-order valence-corrected chi connectivity index (χ2v) is 4.49. The van der Waals surface area contributed by atoms with Crippen LogP contribution in [-0.2, 0) is 0 Å². The first-order chi connectivity index (χ1) is 9.02. The molecule has 0 radical (unpaired) electrons. The van der Waals surface area contributed by atoms with Crippen LogP contribution in [0.1, 0.15) is 27.0 Å². The van der Waals surface area contributed by atoms with Gasteiger partial charge in [0.15, 0.2) is 5.78 Å². The van der Waals surface area contributed by atoms with Crippen molar-refractivity contribution < 1.29 is 13.9 Å². The van der Waals surface area contributed by atoms with E-state index < -0.39 is 5.82 Å². The van der Waals surface area contributed by atoms with Crippen molar-refractivity contribution in [1.82, 2.24) is 0 Å². The topological polar surface area (TPSA) is 26.3 Å². The summed E-state index contributed by atoms with van der Waals surface area (Å²) in [6.07, 6.45) is 0. The van der Waals surface area contributed by atoms with Gasteiger partial charge in [-0.2, -0.15) is 0 Å². The van der Waals surface area contributed by atoms with Gasteiger partial charge in [0.05, 0.1) is 12.7 Å². The smallest absolute Gasteiger partial charge is 0.197 e. The Bertz CT molecular complexity index is 633. The maximum atomic E-state index is 13.3. The van der Waals surface area contributed by atoms with Crippen LogP contribution >= 0.6 is 0 Å². The Hall–Kier alpha value is -2.16. The molecule has 0 aliphatic carbocycles. The number of carbonyl (C=O) groups excluding carboxylic acids is 1. The van der Waals surface area contributed by atoms with Gasteiger partial charge in [0.1, 0.15) is 11.6 Å². The fourth-order valence-electron chi connectivity index (χ4n) is 2.07. The van der Waals surface area contributed by atoms with Crippen molar-refractivity contribution in [2.45, 2.75) is 13.8 Å². The normalized spacial score (nSPS) is 10.3. The number of rotatable bonds is 3. The number of aryl methyl sites for hydroxylation is 2. The number of carbonyl (C=O) groups is 1. The van der Waals surface area contributed by atoms with Crippen molar-refractivity contribution in [3.63, 3.8) is 0 Å². The molecule has 0 saturated heterocycles. The summed E-state index contributed by atoms with van der Waals surface area (Å²) < 4.78 is 18.4. The average molecular weight is 258 g/mol. The molecule has 2 aromatic rings. The SMILES string of the molecule is COc1ccc(F)cc1C(=O)c1ccc(C)cc1C. The van der Waals surface area contributed by atoms with Crippen LogP contribution in [-0.4, -0.2) is 12.9 Å². The van der Waals surface area contributed by atoms with Crippen molar-refractivity contribution in [3.8, 4) is 5.75 Å². The molecule has 0 aromatic heterocycles. The summed E-state index contributed by atoms with van der Waals surface area (Å²) in [4.78, 5) is 12.5. The molecule has 2 aromatic carbocycles. The van der Waals surface area contributed by atoms with Gasteiger partial charge in [-0.3, -0.25) is 4.79 Å². The maximum absolute atomic E-state index is 13.3. The lowest BCUT2D eigenvalue weighted by atomic mass is 9.97. The van der Waals surface area contributed by atoms with Crippen molar-refractivity contribution in [2.24, 2.45) is 0 Å². The minimum Gasteiger partial charge on any atom is -0.496 e. The van der Waals surface area contributed by atoms with Gasteiger partial charge >= 0.3 is 0 Å². The molecular weight excluding hydrogens is 243 g/mol. The molecule has 0 atom stereocenters. The summed E-state index contributed by atoms with van der Waals surface area (Å²) in [5, 5.41) is 0. The second-order valence-electron chi connectivity index (χ2n) is 4.49. The number of hydrogen-bond donors (Lipinski definition) is 0. The Labute approximate surface area is 111 Å². The second kappa shape index (κ2) is 5.22. The van der Waals surface area contributed by atoms with Crippen LogP contribution in [0.4, 0.5) is 4.39 Å². The molecular formula is C16H15FO2. The Kier molecular flexibility index (Phi) is 3.65. The third-order valence-electron chi connectivity index (χ3n) is 3.03. The molecule has 0 aliphatic rings. The van der Waals surface area contributed by atoms with Gasteiger partial charge in [-0.25, -0.2) is 4.39 Å². The summed E-state index contributed by atoms with van der Waals surface area (Å²) in [5.41, 5.74) is 2.76. The molecule has 98 valence electrons. The van der Waals surface area contributed by atoms with Crippen LogP contribution in [0.3, 0.4) is 0 Å². The largest absolute Gasteiger partial charge is 0.496 e. The molecule has 0 saturated carbocycles. The van der Waals surface area contributed by atoms with Crippen LogP contribution in [0.2, 0.25) is 0 Å². The summed E-state index contributed by atoms with van der Waals surface area (Å²) in [7, 11) is 1.46. The first kappa shape index (κ1) is 13.3. The van der Waals surface area contributed by atoms with Crippen LogP contribution in [0.5, 0.6) is 5.75 Å². The number of ketones is 1. The van der Waals surface area contributed by atoms with E-state index in [0.29, 0.717) is 11.3 Å². The van der Waals surface area contributed by atoms with Crippen molar-refractivity contribution in [1.29, 1.82) is 0 Å². The van der Waals surface area contributed by atoms with E-state index in [4.69, 9.17) is 4.74 Å². The molecule has 2 rings (SSSR count). The zero-order chi connectivity index (χ0) is 14.0. The molecule has 3 heteroatoms. The third kappa shape index (κ3) is 2.65. The van der Waals surface area contributed by atoms with Gasteiger partial charge in [0, 0.05) is 5.56 Å². The van der Waals surface area contributed by atoms with E-state index in [0.717, 1.165) is 11.1 Å². The fourth-order valence-corrected chi connectivity index (χ4v) is 2.07. The number of ether oxygens (including phenoxy) is 1. The molecule has 0 heterocycles. The summed E-state index contributed by atoms with van der Waals surface area (Å²) in [6.45, 7) is 3.83. The van der Waals surface area contributed by atoms with E-state index in [1.54, 1.807) is 6.07 Å². The third-order valence-corrected chi connectivity index (χ3v) is 3.03. The molecule has 0 aliphatic heterocycles. The number of hydrogen-bond acceptors (Lipinski definition) is 2. The van der Waals surface area contributed by atoms with Crippen LogP contribution in [0, 0.1) is 19.7 Å². The first-order valence-corrected chi connectivity index (χ1v) is 5.98. The average Bonchev–Trinajstić information content (AvgIpc) is 2.38. The van der Waals surface area contributed by atoms with Gasteiger partial charge in [-0.15, -0.1) is 0 Å². The van der Waals surface area contributed by atoms with Crippen molar-refractivity contribution in [3.05, 3.63) is 64.5 Å². The van der Waals surface area contributed by atoms with Crippen molar-refractivity contribution >= 4 is 5.78 Å². The van der Waals surface area contributed by atoms with E-state index in [1.165, 1.54) is 25.3 Å². The van der Waals surface area contributed by atoms with Crippen LogP contribution in [0.25, 0.3) is 0 Å². The predicted molar refractivity (Wildman–Crippen MR) is 72.3 cm³/mol. The fraction of sp³-hybridized carbons (Fsp3) is 0.188. The first-order valence-electron chi connectivity index (χ1n) is 5.98. The Morgan fingerprint density at radius 3 is 2.42 bits per heavy atom. The van der Waals surface area contributed by atoms with Gasteiger partial charge in [0.2, 0.25) is 0 Å². The highest BCUT2D eigenvalue weighted by Crippen LogP contribution is 2.24. The van der Waals surface area contributed by atoms with E-state index in [1.807, 2.05) is 26.0 Å². The molecule has 2 nitrogen and oxygen atoms in total. The van der Waals surface area contributed by atoms with Crippen molar-refractivity contribution in [2.75, 3.05) is 7.11 Å². The number of methoxy groups -OCH3 is 1. The van der Waals surface area contributed by atoms with E-state index in [-0.39, 0.29) is 11.3 Å². The minimum absolute atomic E-state index is 0.228. The highest BCUT2D eigenvalue weighted by atomic mass is 19.1. The lowest BCUT2D eigenvalue weighted by Crippen LogP contribution is -2.06. The van der Waals surface area contributed by atoms with Gasteiger partial charge < -0.3 is 4.74 Å². The van der Waals surface area contributed by atoms with E-state index in [2.05, 4.69) is 0 Å². The molecule has 0 unspecified atom stereocenters.